The van der Waals surface area contributed by atoms with Gasteiger partial charge >= 0.3 is 0 Å². The summed E-state index contributed by atoms with van der Waals surface area (Å²) < 4.78 is 1.66. The second kappa shape index (κ2) is 11.6. The fraction of sp³-hybridized carbons (Fsp3) is 0.267. The molecule has 1 aromatic heterocycles. The Labute approximate surface area is 220 Å². The molecule has 3 aromatic carbocycles. The van der Waals surface area contributed by atoms with Gasteiger partial charge in [-0.25, -0.2) is 4.98 Å². The van der Waals surface area contributed by atoms with Crippen molar-refractivity contribution < 1.29 is 9.59 Å². The molecule has 0 radical (unpaired) electrons. The number of aromatic nitrogens is 2. The molecule has 0 bridgehead atoms. The fourth-order valence-corrected chi connectivity index (χ4v) is 5.56. The molecule has 0 aliphatic carbocycles. The molecule has 188 valence electrons. The van der Waals surface area contributed by atoms with Gasteiger partial charge in [0.25, 0.3) is 11.5 Å². The van der Waals surface area contributed by atoms with Crippen molar-refractivity contribution in [2.24, 2.45) is 0 Å². The minimum Gasteiger partial charge on any atom is -0.339 e. The molecule has 0 atom stereocenters. The molecule has 1 amide bonds. The molecule has 4 aromatic rings. The molecule has 0 saturated carbocycles. The number of benzene rings is 3. The summed E-state index contributed by atoms with van der Waals surface area (Å²) in [6.07, 6.45) is 3.84. The van der Waals surface area contributed by atoms with E-state index in [0.717, 1.165) is 37.9 Å². The number of piperidine rings is 1. The Kier molecular flexibility index (Phi) is 7.80. The summed E-state index contributed by atoms with van der Waals surface area (Å²) in [6.45, 7) is 1.96. The van der Waals surface area contributed by atoms with Crippen LogP contribution in [0.2, 0.25) is 0 Å². The Bertz CT molecular complexity index is 1460. The van der Waals surface area contributed by atoms with Crippen LogP contribution in [0.4, 0.5) is 0 Å². The number of ketones is 1. The quantitative estimate of drug-likeness (QED) is 0.184. The first-order valence-electron chi connectivity index (χ1n) is 12.7. The Morgan fingerprint density at radius 1 is 0.838 bits per heavy atom. The largest absolute Gasteiger partial charge is 0.339 e. The highest BCUT2D eigenvalue weighted by atomic mass is 32.2. The normalized spacial score (nSPS) is 13.6. The molecule has 37 heavy (non-hydrogen) atoms. The van der Waals surface area contributed by atoms with Gasteiger partial charge in [0.1, 0.15) is 0 Å². The smallest absolute Gasteiger partial charge is 0.262 e. The summed E-state index contributed by atoms with van der Waals surface area (Å²) in [5.74, 6) is 0.119. The van der Waals surface area contributed by atoms with Crippen LogP contribution in [0.15, 0.2) is 88.8 Å². The van der Waals surface area contributed by atoms with Crippen molar-refractivity contribution in [3.63, 3.8) is 0 Å². The van der Waals surface area contributed by atoms with E-state index in [1.165, 1.54) is 11.8 Å². The zero-order valence-electron chi connectivity index (χ0n) is 20.6. The summed E-state index contributed by atoms with van der Waals surface area (Å²) in [5, 5.41) is 0.960. The molecular weight excluding hydrogens is 482 g/mol. The van der Waals surface area contributed by atoms with Gasteiger partial charge in [0.05, 0.1) is 16.7 Å². The van der Waals surface area contributed by atoms with E-state index in [-0.39, 0.29) is 23.0 Å². The van der Waals surface area contributed by atoms with Gasteiger partial charge in [0, 0.05) is 30.8 Å². The first kappa shape index (κ1) is 25.0. The molecule has 7 heteroatoms. The van der Waals surface area contributed by atoms with Crippen LogP contribution in [0.1, 0.15) is 45.5 Å². The van der Waals surface area contributed by atoms with Crippen LogP contribution in [0.5, 0.6) is 0 Å². The summed E-state index contributed by atoms with van der Waals surface area (Å²) in [6, 6.07) is 24.3. The first-order chi connectivity index (χ1) is 18.1. The third-order valence-corrected chi connectivity index (χ3v) is 7.68. The molecule has 1 aliphatic heterocycles. The maximum atomic E-state index is 13.6. The number of fused-ring (bicyclic) bond motifs is 1. The Morgan fingerprint density at radius 2 is 1.54 bits per heavy atom. The van der Waals surface area contributed by atoms with Crippen molar-refractivity contribution in [3.05, 3.63) is 106 Å². The highest BCUT2D eigenvalue weighted by Crippen LogP contribution is 2.22. The topological polar surface area (TPSA) is 72.3 Å². The third-order valence-electron chi connectivity index (χ3n) is 6.71. The lowest BCUT2D eigenvalue weighted by atomic mass is 10.1. The average molecular weight is 512 g/mol. The minimum atomic E-state index is -0.160. The number of thioether (sulfide) groups is 1. The average Bonchev–Trinajstić information content (AvgIpc) is 2.96. The van der Waals surface area contributed by atoms with Crippen LogP contribution in [0.25, 0.3) is 10.9 Å². The Balaban J connectivity index is 1.47. The number of carbonyl (C=O) groups is 2. The number of hydrogen-bond donors (Lipinski definition) is 0. The minimum absolute atomic E-state index is 0.0230. The van der Waals surface area contributed by atoms with E-state index < -0.39 is 0 Å². The first-order valence-corrected chi connectivity index (χ1v) is 13.7. The number of likely N-dealkylation sites (tertiary alicyclic amines) is 1. The van der Waals surface area contributed by atoms with Gasteiger partial charge in [-0.15, -0.1) is 0 Å². The number of amides is 1. The zero-order chi connectivity index (χ0) is 25.6. The standard InChI is InChI=1S/C30H29N3O3S/c34-27(23-12-6-2-7-13-23)21-37-30-31-26-20-24(28(35)32-17-8-3-9-18-32)14-15-25(26)29(36)33(30)19-16-22-10-4-1-5-11-22/h1-2,4-7,10-15,20H,3,8-9,16-19,21H2. The highest BCUT2D eigenvalue weighted by Gasteiger charge is 2.20. The molecular formula is C30H29N3O3S. The summed E-state index contributed by atoms with van der Waals surface area (Å²) in [5.41, 5.74) is 2.61. The number of rotatable bonds is 8. The van der Waals surface area contributed by atoms with Crippen molar-refractivity contribution in [3.8, 4) is 0 Å². The molecule has 6 nitrogen and oxygen atoms in total. The molecule has 0 spiro atoms. The molecule has 0 unspecified atom stereocenters. The van der Waals surface area contributed by atoms with Gasteiger partial charge in [0.2, 0.25) is 0 Å². The lowest BCUT2D eigenvalue weighted by molar-refractivity contribution is 0.0724. The zero-order valence-corrected chi connectivity index (χ0v) is 21.5. The lowest BCUT2D eigenvalue weighted by Crippen LogP contribution is -2.35. The predicted octanol–water partition coefficient (Wildman–Crippen LogP) is 5.24. The number of nitrogens with zero attached hydrogens (tertiary/aromatic N) is 3. The highest BCUT2D eigenvalue weighted by molar-refractivity contribution is 7.99. The van der Waals surface area contributed by atoms with E-state index in [4.69, 9.17) is 4.98 Å². The van der Waals surface area contributed by atoms with Gasteiger partial charge in [-0.2, -0.15) is 0 Å². The van der Waals surface area contributed by atoms with E-state index in [2.05, 4.69) is 0 Å². The number of Topliss-reactive ketones (excluding diaryl/α,β-unsaturated/α-hetero) is 1. The predicted molar refractivity (Wildman–Crippen MR) is 147 cm³/mol. The summed E-state index contributed by atoms with van der Waals surface area (Å²) >= 11 is 1.26. The number of hydrogen-bond acceptors (Lipinski definition) is 5. The lowest BCUT2D eigenvalue weighted by Gasteiger charge is -2.26. The van der Waals surface area contributed by atoms with Gasteiger partial charge < -0.3 is 4.90 Å². The molecule has 0 N–H and O–H groups in total. The van der Waals surface area contributed by atoms with Crippen molar-refractivity contribution in [1.29, 1.82) is 0 Å². The van der Waals surface area contributed by atoms with Gasteiger partial charge in [-0.3, -0.25) is 19.0 Å². The van der Waals surface area contributed by atoms with Crippen molar-refractivity contribution in [2.75, 3.05) is 18.8 Å². The van der Waals surface area contributed by atoms with Crippen LogP contribution in [-0.2, 0) is 13.0 Å². The van der Waals surface area contributed by atoms with Gasteiger partial charge in [0.15, 0.2) is 10.9 Å². The van der Waals surface area contributed by atoms with Gasteiger partial charge in [-0.1, -0.05) is 72.4 Å². The van der Waals surface area contributed by atoms with Crippen LogP contribution >= 0.6 is 11.8 Å². The van der Waals surface area contributed by atoms with Crippen LogP contribution < -0.4 is 5.56 Å². The Hall–Kier alpha value is -3.71. The Morgan fingerprint density at radius 3 is 2.27 bits per heavy atom. The van der Waals surface area contributed by atoms with Crippen LogP contribution in [-0.4, -0.2) is 45.0 Å². The third kappa shape index (κ3) is 5.83. The van der Waals surface area contributed by atoms with E-state index >= 15 is 0 Å². The summed E-state index contributed by atoms with van der Waals surface area (Å²) in [7, 11) is 0. The second-order valence-corrected chi connectivity index (χ2v) is 10.2. The van der Waals surface area contributed by atoms with Gasteiger partial charge in [-0.05, 0) is 49.4 Å². The maximum Gasteiger partial charge on any atom is 0.262 e. The number of aryl methyl sites for hydroxylation is 1. The molecule has 5 rings (SSSR count). The van der Waals surface area contributed by atoms with E-state index in [1.54, 1.807) is 34.9 Å². The monoisotopic (exact) mass is 511 g/mol. The van der Waals surface area contributed by atoms with Crippen LogP contribution in [0.3, 0.4) is 0 Å². The maximum absolute atomic E-state index is 13.6. The van der Waals surface area contributed by atoms with E-state index in [1.807, 2.05) is 53.4 Å². The number of carbonyl (C=O) groups excluding carboxylic acids is 2. The molecule has 2 heterocycles. The fourth-order valence-electron chi connectivity index (χ4n) is 4.64. The van der Waals surface area contributed by atoms with Crippen LogP contribution in [0, 0.1) is 0 Å². The van der Waals surface area contributed by atoms with Crippen molar-refractivity contribution in [1.82, 2.24) is 14.5 Å². The van der Waals surface area contributed by atoms with E-state index in [9.17, 15) is 14.4 Å². The summed E-state index contributed by atoms with van der Waals surface area (Å²) in [4.78, 5) is 46.1. The van der Waals surface area contributed by atoms with Crippen molar-refractivity contribution in [2.45, 2.75) is 37.4 Å². The van der Waals surface area contributed by atoms with E-state index in [0.29, 0.717) is 40.2 Å². The van der Waals surface area contributed by atoms with Crippen molar-refractivity contribution >= 4 is 34.4 Å². The SMILES string of the molecule is O=C(CSc1nc2cc(C(=O)N3CCCCC3)ccc2c(=O)n1CCc1ccccc1)c1ccccc1. The molecule has 1 fully saturated rings. The molecule has 1 saturated heterocycles. The second-order valence-electron chi connectivity index (χ2n) is 9.25. The molecule has 1 aliphatic rings.